The monoisotopic (exact) mass is 560 g/mol. The molecule has 0 saturated carbocycles. The molecule has 0 unspecified atom stereocenters. The molecule has 40 heavy (non-hydrogen) atoms. The zero-order chi connectivity index (χ0) is 28.8. The van der Waals surface area contributed by atoms with Gasteiger partial charge < -0.3 is 0 Å². The van der Waals surface area contributed by atoms with Crippen molar-refractivity contribution in [1.82, 2.24) is 4.57 Å². The molecule has 0 N–H and O–H groups in total. The van der Waals surface area contributed by atoms with Crippen molar-refractivity contribution in [1.29, 1.82) is 0 Å². The van der Waals surface area contributed by atoms with Crippen molar-refractivity contribution in [2.75, 3.05) is 0 Å². The van der Waals surface area contributed by atoms with Gasteiger partial charge >= 0.3 is 0 Å². The maximum atomic E-state index is 2.58. The van der Waals surface area contributed by atoms with E-state index in [-0.39, 0.29) is 0 Å². The highest BCUT2D eigenvalue weighted by molar-refractivity contribution is 4.83. The molecule has 0 fully saturated rings. The van der Waals surface area contributed by atoms with Gasteiger partial charge in [-0.15, -0.1) is 0 Å². The summed E-state index contributed by atoms with van der Waals surface area (Å²) >= 11 is 0. The minimum atomic E-state index is 1.11. The van der Waals surface area contributed by atoms with Gasteiger partial charge in [0.25, 0.3) is 5.82 Å². The largest absolute Gasteiger partial charge is 0.256 e. The lowest BCUT2D eigenvalue weighted by molar-refractivity contribution is -0.704. The van der Waals surface area contributed by atoms with Crippen LogP contribution in [0.1, 0.15) is 213 Å². The standard InChI is InChI=1S/C38H75N2/c1-4-7-9-11-13-15-17-19-20-21-23-25-27-29-31-33-35-40-37-36-39(6-3)38(40)34-32-30-28-26-24-22-18-16-14-12-10-8-5-2/h36-37H,4-35H2,1-3H3/q+1. The average Bonchev–Trinajstić information content (AvgIpc) is 3.36. The molecular formula is C38H75N2+. The zero-order valence-electron chi connectivity index (χ0n) is 28.2. The Kier molecular flexibility index (Phi) is 27.6. The molecule has 0 aromatic carbocycles. The Hall–Kier alpha value is -0.790. The zero-order valence-corrected chi connectivity index (χ0v) is 28.2. The maximum absolute atomic E-state index is 2.58. The summed E-state index contributed by atoms with van der Waals surface area (Å²) in [6, 6.07) is 0. The highest BCUT2D eigenvalue weighted by atomic mass is 15.1. The van der Waals surface area contributed by atoms with Crippen LogP contribution in [-0.4, -0.2) is 4.57 Å². The predicted molar refractivity (Wildman–Crippen MR) is 179 cm³/mol. The quantitative estimate of drug-likeness (QED) is 0.0613. The topological polar surface area (TPSA) is 8.81 Å². The van der Waals surface area contributed by atoms with Crippen LogP contribution < -0.4 is 4.57 Å². The van der Waals surface area contributed by atoms with Crippen molar-refractivity contribution in [3.8, 4) is 0 Å². The molecule has 0 atom stereocenters. The maximum Gasteiger partial charge on any atom is 0.256 e. The molecule has 0 aliphatic rings. The lowest BCUT2D eigenvalue weighted by atomic mass is 10.0. The van der Waals surface area contributed by atoms with Crippen LogP contribution in [0.15, 0.2) is 12.4 Å². The van der Waals surface area contributed by atoms with Gasteiger partial charge in [0.2, 0.25) is 0 Å². The second-order valence-electron chi connectivity index (χ2n) is 13.0. The second-order valence-corrected chi connectivity index (χ2v) is 13.0. The summed E-state index contributed by atoms with van der Waals surface area (Å²) in [5, 5.41) is 0. The summed E-state index contributed by atoms with van der Waals surface area (Å²) in [5.41, 5.74) is 0. The molecule has 0 amide bonds. The molecule has 1 aromatic rings. The van der Waals surface area contributed by atoms with Gasteiger partial charge in [-0.3, -0.25) is 0 Å². The Labute approximate surface area is 253 Å². The smallest absolute Gasteiger partial charge is 0.235 e. The molecule has 1 heterocycles. The van der Waals surface area contributed by atoms with Gasteiger partial charge in [-0.1, -0.05) is 181 Å². The Morgan fingerprint density at radius 3 is 1.10 bits per heavy atom. The van der Waals surface area contributed by atoms with Crippen LogP contribution in [0.25, 0.3) is 0 Å². The number of aryl methyl sites for hydroxylation is 2. The van der Waals surface area contributed by atoms with Crippen LogP contribution in [-0.2, 0) is 19.5 Å². The summed E-state index contributed by atoms with van der Waals surface area (Å²) in [7, 11) is 0. The lowest BCUT2D eigenvalue weighted by Crippen LogP contribution is -2.37. The second kappa shape index (κ2) is 29.7. The Bertz CT molecular complexity index is 619. The van der Waals surface area contributed by atoms with Crippen molar-refractivity contribution < 1.29 is 4.57 Å². The van der Waals surface area contributed by atoms with Crippen molar-refractivity contribution >= 4 is 0 Å². The third kappa shape index (κ3) is 21.9. The minimum Gasteiger partial charge on any atom is -0.235 e. The molecule has 236 valence electrons. The molecular weight excluding hydrogens is 484 g/mol. The molecule has 1 rings (SSSR count). The minimum absolute atomic E-state index is 1.11. The van der Waals surface area contributed by atoms with Crippen LogP contribution in [0, 0.1) is 0 Å². The highest BCUT2D eigenvalue weighted by Crippen LogP contribution is 2.15. The molecule has 0 bridgehead atoms. The van der Waals surface area contributed by atoms with Gasteiger partial charge in [0, 0.05) is 6.42 Å². The van der Waals surface area contributed by atoms with E-state index in [9.17, 15) is 0 Å². The van der Waals surface area contributed by atoms with Crippen molar-refractivity contribution in [3.63, 3.8) is 0 Å². The summed E-state index contributed by atoms with van der Waals surface area (Å²) in [4.78, 5) is 0. The summed E-state index contributed by atoms with van der Waals surface area (Å²) < 4.78 is 5.07. The Morgan fingerprint density at radius 1 is 0.425 bits per heavy atom. The Balaban J connectivity index is 1.97. The highest BCUT2D eigenvalue weighted by Gasteiger charge is 2.15. The fourth-order valence-corrected chi connectivity index (χ4v) is 6.41. The van der Waals surface area contributed by atoms with E-state index in [2.05, 4.69) is 42.3 Å². The Morgan fingerprint density at radius 2 is 0.750 bits per heavy atom. The van der Waals surface area contributed by atoms with Gasteiger partial charge in [0.15, 0.2) is 0 Å². The van der Waals surface area contributed by atoms with Crippen molar-refractivity contribution in [3.05, 3.63) is 18.2 Å². The first-order valence-electron chi connectivity index (χ1n) is 18.9. The molecule has 0 saturated heterocycles. The summed E-state index contributed by atoms with van der Waals surface area (Å²) in [6.07, 6.45) is 47.8. The van der Waals surface area contributed by atoms with E-state index in [0.717, 1.165) is 6.54 Å². The van der Waals surface area contributed by atoms with E-state index in [1.165, 1.54) is 199 Å². The van der Waals surface area contributed by atoms with Crippen LogP contribution in [0.2, 0.25) is 0 Å². The molecule has 1 aromatic heterocycles. The fourth-order valence-electron chi connectivity index (χ4n) is 6.41. The first-order valence-corrected chi connectivity index (χ1v) is 18.9. The molecule has 0 aliphatic heterocycles. The lowest BCUT2D eigenvalue weighted by Gasteiger charge is -2.06. The third-order valence-electron chi connectivity index (χ3n) is 9.19. The molecule has 0 aliphatic carbocycles. The van der Waals surface area contributed by atoms with Crippen molar-refractivity contribution in [2.45, 2.75) is 226 Å². The van der Waals surface area contributed by atoms with Crippen LogP contribution in [0.3, 0.4) is 0 Å². The first kappa shape index (κ1) is 37.2. The van der Waals surface area contributed by atoms with Gasteiger partial charge in [0.1, 0.15) is 12.4 Å². The fraction of sp³-hybridized carbons (Fsp3) is 0.921. The van der Waals surface area contributed by atoms with Crippen LogP contribution >= 0.6 is 0 Å². The van der Waals surface area contributed by atoms with E-state index in [1.54, 1.807) is 5.82 Å². The van der Waals surface area contributed by atoms with Crippen molar-refractivity contribution in [2.24, 2.45) is 0 Å². The number of unbranched alkanes of at least 4 members (excludes halogenated alkanes) is 27. The van der Waals surface area contributed by atoms with E-state index >= 15 is 0 Å². The number of hydrogen-bond acceptors (Lipinski definition) is 0. The SMILES string of the molecule is CCCCCCCCCCCCCCCCCC[n+]1ccn(CC)c1CCCCCCCCCCCCCCC. The van der Waals surface area contributed by atoms with E-state index in [1.807, 2.05) is 0 Å². The van der Waals surface area contributed by atoms with Crippen LogP contribution in [0.5, 0.6) is 0 Å². The number of nitrogens with zero attached hydrogens (tertiary/aromatic N) is 2. The van der Waals surface area contributed by atoms with Gasteiger partial charge in [-0.2, -0.15) is 0 Å². The van der Waals surface area contributed by atoms with E-state index in [0.29, 0.717) is 0 Å². The number of imidazole rings is 1. The van der Waals surface area contributed by atoms with E-state index < -0.39 is 0 Å². The molecule has 2 heteroatoms. The summed E-state index contributed by atoms with van der Waals surface area (Å²) in [6.45, 7) is 9.24. The van der Waals surface area contributed by atoms with Gasteiger partial charge in [-0.25, -0.2) is 9.13 Å². The summed E-state index contributed by atoms with van der Waals surface area (Å²) in [5.74, 6) is 1.58. The number of hydrogen-bond donors (Lipinski definition) is 0. The molecule has 0 radical (unpaired) electrons. The number of aromatic nitrogens is 2. The first-order chi connectivity index (χ1) is 19.8. The van der Waals surface area contributed by atoms with Gasteiger partial charge in [-0.05, 0) is 26.2 Å². The normalized spacial score (nSPS) is 11.6. The average molecular weight is 560 g/mol. The van der Waals surface area contributed by atoms with E-state index in [4.69, 9.17) is 0 Å². The van der Waals surface area contributed by atoms with Gasteiger partial charge in [0.05, 0.1) is 13.1 Å². The number of rotatable bonds is 32. The third-order valence-corrected chi connectivity index (χ3v) is 9.19. The molecule has 2 nitrogen and oxygen atoms in total. The van der Waals surface area contributed by atoms with Crippen LogP contribution in [0.4, 0.5) is 0 Å². The predicted octanol–water partition coefficient (Wildman–Crippen LogP) is 12.7. The molecule has 0 spiro atoms.